The van der Waals surface area contributed by atoms with E-state index < -0.39 is 0 Å². The molecule has 2 aliphatic rings. The monoisotopic (exact) mass is 549 g/mol. The van der Waals surface area contributed by atoms with Crippen molar-refractivity contribution in [1.82, 2.24) is 20.6 Å². The molecule has 5 rings (SSSR count). The second-order valence-electron chi connectivity index (χ2n) is 11.0. The normalized spacial score (nSPS) is 21.5. The molecule has 0 bridgehead atoms. The van der Waals surface area contributed by atoms with Crippen LogP contribution in [0.25, 0.3) is 0 Å². The number of tetrazole rings is 1. The molecule has 9 heteroatoms. The van der Waals surface area contributed by atoms with E-state index >= 15 is 0 Å². The van der Waals surface area contributed by atoms with Crippen LogP contribution in [0, 0.1) is 5.92 Å². The van der Waals surface area contributed by atoms with E-state index in [1.165, 1.54) is 11.1 Å². The van der Waals surface area contributed by atoms with Crippen LogP contribution in [0.1, 0.15) is 74.2 Å². The number of fused-ring (bicyclic) bond motifs is 1. The van der Waals surface area contributed by atoms with Gasteiger partial charge in [0.25, 0.3) is 0 Å². The number of nitrogens with one attached hydrogen (secondary N) is 1. The number of hydrogen-bond donors (Lipinski definition) is 1. The topological polar surface area (TPSA) is 94.6 Å². The lowest BCUT2D eigenvalue weighted by molar-refractivity contribution is -0.0101. The van der Waals surface area contributed by atoms with Crippen LogP contribution in [0.15, 0.2) is 42.5 Å². The van der Waals surface area contributed by atoms with Crippen LogP contribution in [-0.4, -0.2) is 67.3 Å². The maximum atomic E-state index is 6.72. The van der Waals surface area contributed by atoms with E-state index in [1.807, 2.05) is 0 Å². The zero-order chi connectivity index (χ0) is 27.7. The van der Waals surface area contributed by atoms with Gasteiger partial charge in [0.1, 0.15) is 18.1 Å². The number of H-pyrrole nitrogens is 1. The van der Waals surface area contributed by atoms with Crippen molar-refractivity contribution in [2.45, 2.75) is 70.0 Å². The van der Waals surface area contributed by atoms with Crippen LogP contribution >= 0.6 is 0 Å². The smallest absolute Gasteiger partial charge is 0.177 e. The van der Waals surface area contributed by atoms with Gasteiger partial charge in [-0.3, -0.25) is 0 Å². The van der Waals surface area contributed by atoms with Gasteiger partial charge >= 0.3 is 0 Å². The van der Waals surface area contributed by atoms with Crippen molar-refractivity contribution in [2.24, 2.45) is 5.92 Å². The molecule has 9 nitrogen and oxygen atoms in total. The number of aromatic nitrogens is 4. The van der Waals surface area contributed by atoms with Crippen molar-refractivity contribution in [3.63, 3.8) is 0 Å². The Morgan fingerprint density at radius 3 is 2.75 bits per heavy atom. The van der Waals surface area contributed by atoms with Gasteiger partial charge in [-0.05, 0) is 79.8 Å². The first-order chi connectivity index (χ1) is 19.7. The molecule has 40 heavy (non-hydrogen) atoms. The van der Waals surface area contributed by atoms with Gasteiger partial charge in [-0.15, -0.1) is 10.2 Å². The lowest BCUT2D eigenvalue weighted by Gasteiger charge is -2.37. The molecule has 1 fully saturated rings. The van der Waals surface area contributed by atoms with E-state index in [2.05, 4.69) is 74.9 Å². The molecule has 0 saturated heterocycles. The minimum Gasteiger partial charge on any atom is -0.497 e. The predicted octanol–water partition coefficient (Wildman–Crippen LogP) is 5.50. The highest BCUT2D eigenvalue weighted by atomic mass is 16.5. The van der Waals surface area contributed by atoms with Gasteiger partial charge in [-0.25, -0.2) is 0 Å². The minimum atomic E-state index is 0.153. The van der Waals surface area contributed by atoms with Gasteiger partial charge in [-0.2, -0.15) is 5.21 Å². The zero-order valence-electron chi connectivity index (χ0n) is 24.1. The summed E-state index contributed by atoms with van der Waals surface area (Å²) in [5, 5.41) is 15.0. The van der Waals surface area contributed by atoms with E-state index in [0.717, 1.165) is 81.2 Å². The Balaban J connectivity index is 1.28. The fourth-order valence-corrected chi connectivity index (χ4v) is 6.29. The van der Waals surface area contributed by atoms with Gasteiger partial charge < -0.3 is 23.8 Å². The minimum absolute atomic E-state index is 0.153. The Bertz CT molecular complexity index is 1170. The highest BCUT2D eigenvalue weighted by Gasteiger charge is 2.34. The Morgan fingerprint density at radius 1 is 1.12 bits per heavy atom. The molecular formula is C31H43N5O4. The third-order valence-electron chi connectivity index (χ3n) is 8.50. The average molecular weight is 550 g/mol. The summed E-state index contributed by atoms with van der Waals surface area (Å²) in [5.41, 5.74) is 3.65. The van der Waals surface area contributed by atoms with Crippen molar-refractivity contribution < 1.29 is 18.9 Å². The van der Waals surface area contributed by atoms with Crippen molar-refractivity contribution in [3.8, 4) is 11.5 Å². The van der Waals surface area contributed by atoms with Gasteiger partial charge in [0.05, 0.1) is 32.1 Å². The molecule has 0 radical (unpaired) electrons. The summed E-state index contributed by atoms with van der Waals surface area (Å²) in [6, 6.07) is 15.0. The maximum Gasteiger partial charge on any atom is 0.177 e. The van der Waals surface area contributed by atoms with Gasteiger partial charge in [0.2, 0.25) is 0 Å². The van der Waals surface area contributed by atoms with Gasteiger partial charge in [-0.1, -0.05) is 30.3 Å². The third kappa shape index (κ3) is 6.93. The summed E-state index contributed by atoms with van der Waals surface area (Å²) < 4.78 is 23.4. The van der Waals surface area contributed by atoms with Crippen LogP contribution in [0.2, 0.25) is 0 Å². The van der Waals surface area contributed by atoms with Crippen LogP contribution in [0.4, 0.5) is 5.69 Å². The molecule has 1 aliphatic carbocycles. The average Bonchev–Trinajstić information content (AvgIpc) is 3.54. The van der Waals surface area contributed by atoms with E-state index in [4.69, 9.17) is 18.9 Å². The van der Waals surface area contributed by atoms with Crippen molar-refractivity contribution in [2.75, 3.05) is 45.4 Å². The predicted molar refractivity (Wildman–Crippen MR) is 154 cm³/mol. The first kappa shape index (κ1) is 28.4. The largest absolute Gasteiger partial charge is 0.497 e. The zero-order valence-corrected chi connectivity index (χ0v) is 24.1. The summed E-state index contributed by atoms with van der Waals surface area (Å²) in [6.45, 7) is 6.13. The SMILES string of the molecule is CC[C@@H](C[C@@H]1CC[C@H](OCc2ccc3c(c2)N(CCCOC)CCO3)[C@@H](c2ccc(OC)cc2)C1)c1nn[nH]n1. The molecule has 0 amide bonds. The number of benzene rings is 2. The number of aromatic amines is 1. The van der Waals surface area contributed by atoms with E-state index in [9.17, 15) is 0 Å². The molecule has 0 unspecified atom stereocenters. The maximum absolute atomic E-state index is 6.72. The van der Waals surface area contributed by atoms with E-state index in [0.29, 0.717) is 31.0 Å². The third-order valence-corrected chi connectivity index (χ3v) is 8.50. The Kier molecular flexibility index (Phi) is 9.89. The highest BCUT2D eigenvalue weighted by Crippen LogP contribution is 2.43. The number of hydrogen-bond acceptors (Lipinski definition) is 8. The molecular weight excluding hydrogens is 506 g/mol. The second kappa shape index (κ2) is 13.9. The Morgan fingerprint density at radius 2 is 2.00 bits per heavy atom. The molecule has 4 atom stereocenters. The van der Waals surface area contributed by atoms with Crippen LogP contribution < -0.4 is 14.4 Å². The number of anilines is 1. The number of rotatable bonds is 13. The van der Waals surface area contributed by atoms with E-state index in [-0.39, 0.29) is 6.10 Å². The van der Waals surface area contributed by atoms with Crippen LogP contribution in [0.3, 0.4) is 0 Å². The Labute approximate surface area is 237 Å². The molecule has 3 aromatic rings. The number of methoxy groups -OCH3 is 2. The molecule has 1 aromatic heterocycles. The summed E-state index contributed by atoms with van der Waals surface area (Å²) >= 11 is 0. The molecule has 0 spiro atoms. The van der Waals surface area contributed by atoms with Crippen LogP contribution in [0.5, 0.6) is 11.5 Å². The summed E-state index contributed by atoms with van der Waals surface area (Å²) in [6.07, 6.45) is 6.47. The summed E-state index contributed by atoms with van der Waals surface area (Å²) in [5.74, 6) is 3.88. The van der Waals surface area contributed by atoms with Crippen molar-refractivity contribution in [1.29, 1.82) is 0 Å². The summed E-state index contributed by atoms with van der Waals surface area (Å²) in [7, 11) is 3.47. The lowest BCUT2D eigenvalue weighted by Crippen LogP contribution is -2.34. The standard InChI is InChI=1S/C31H43N5O4/c1-4-24(31-32-34-35-33-31)18-22-6-12-29(27(19-22)25-8-10-26(38-3)11-9-25)40-21-23-7-13-30-28(20-23)36(15-17-39-30)14-5-16-37-2/h7-11,13,20,22,24,27,29H,4-6,12,14-19,21H2,1-3H3,(H,32,33,34,35)/t22-,24-,27+,29-/m0/s1. The van der Waals surface area contributed by atoms with Crippen molar-refractivity contribution >= 4 is 5.69 Å². The molecule has 1 N–H and O–H groups in total. The van der Waals surface area contributed by atoms with Gasteiger partial charge in [0.15, 0.2) is 5.82 Å². The first-order valence-electron chi connectivity index (χ1n) is 14.7. The highest BCUT2D eigenvalue weighted by molar-refractivity contribution is 5.61. The fraction of sp³-hybridized carbons (Fsp3) is 0.581. The quantitative estimate of drug-likeness (QED) is 0.280. The first-order valence-corrected chi connectivity index (χ1v) is 14.7. The summed E-state index contributed by atoms with van der Waals surface area (Å²) in [4.78, 5) is 2.40. The molecule has 2 aromatic carbocycles. The molecule has 216 valence electrons. The molecule has 1 saturated carbocycles. The fourth-order valence-electron chi connectivity index (χ4n) is 6.29. The molecule has 1 aliphatic heterocycles. The number of ether oxygens (including phenoxy) is 4. The van der Waals surface area contributed by atoms with Crippen molar-refractivity contribution in [3.05, 3.63) is 59.4 Å². The molecule has 2 heterocycles. The lowest BCUT2D eigenvalue weighted by atomic mass is 9.73. The van der Waals surface area contributed by atoms with E-state index in [1.54, 1.807) is 14.2 Å². The van der Waals surface area contributed by atoms with Gasteiger partial charge in [0, 0.05) is 32.1 Å². The number of nitrogens with zero attached hydrogens (tertiary/aromatic N) is 4. The Hall–Kier alpha value is -3.17. The second-order valence-corrected chi connectivity index (χ2v) is 11.0. The van der Waals surface area contributed by atoms with Crippen LogP contribution in [-0.2, 0) is 16.1 Å².